The molecule has 1 aromatic carbocycles. The van der Waals surface area contributed by atoms with E-state index < -0.39 is 10.0 Å². The van der Waals surface area contributed by atoms with Gasteiger partial charge in [-0.05, 0) is 24.5 Å². The second-order valence-corrected chi connectivity index (χ2v) is 7.69. The van der Waals surface area contributed by atoms with Gasteiger partial charge in [0.15, 0.2) is 0 Å². The highest BCUT2D eigenvalue weighted by Gasteiger charge is 2.29. The molecule has 3 rings (SSSR count). The molecule has 1 saturated heterocycles. The summed E-state index contributed by atoms with van der Waals surface area (Å²) >= 11 is 0. The van der Waals surface area contributed by atoms with Gasteiger partial charge >= 0.3 is 0 Å². The SMILES string of the molecule is COc1nccnc1OC1CCCN(S(=O)(=O)/C=C/c2ccccc2)C1. The topological polar surface area (TPSA) is 81.6 Å². The summed E-state index contributed by atoms with van der Waals surface area (Å²) in [6.07, 6.45) is 5.79. The minimum atomic E-state index is -3.52. The van der Waals surface area contributed by atoms with Gasteiger partial charge in [0.1, 0.15) is 6.10 Å². The highest BCUT2D eigenvalue weighted by molar-refractivity contribution is 7.92. The van der Waals surface area contributed by atoms with Crippen LogP contribution in [0.15, 0.2) is 48.1 Å². The minimum Gasteiger partial charge on any atom is -0.477 e. The third-order valence-electron chi connectivity index (χ3n) is 4.04. The second-order valence-electron chi connectivity index (χ2n) is 5.87. The van der Waals surface area contributed by atoms with Crippen molar-refractivity contribution in [3.63, 3.8) is 0 Å². The Morgan fingerprint density at radius 1 is 1.15 bits per heavy atom. The number of hydrogen-bond donors (Lipinski definition) is 0. The summed E-state index contributed by atoms with van der Waals surface area (Å²) in [5.74, 6) is 0.565. The van der Waals surface area contributed by atoms with Crippen LogP contribution in [0.4, 0.5) is 0 Å². The molecule has 1 unspecified atom stereocenters. The number of sulfonamides is 1. The van der Waals surface area contributed by atoms with Crippen molar-refractivity contribution < 1.29 is 17.9 Å². The lowest BCUT2D eigenvalue weighted by Gasteiger charge is -2.31. The predicted molar refractivity (Wildman–Crippen MR) is 98.2 cm³/mol. The van der Waals surface area contributed by atoms with Crippen LogP contribution in [0.1, 0.15) is 18.4 Å². The molecule has 0 saturated carbocycles. The molecule has 0 amide bonds. The number of methoxy groups -OCH3 is 1. The highest BCUT2D eigenvalue weighted by atomic mass is 32.2. The molecule has 1 atom stereocenters. The summed E-state index contributed by atoms with van der Waals surface area (Å²) in [6.45, 7) is 0.736. The van der Waals surface area contributed by atoms with E-state index in [1.54, 1.807) is 6.08 Å². The molecule has 2 aromatic rings. The fourth-order valence-electron chi connectivity index (χ4n) is 2.74. The van der Waals surface area contributed by atoms with Crippen LogP contribution in [-0.4, -0.2) is 49.0 Å². The zero-order valence-corrected chi connectivity index (χ0v) is 15.3. The fourth-order valence-corrected chi connectivity index (χ4v) is 4.00. The molecule has 0 aliphatic carbocycles. The average Bonchev–Trinajstić information content (AvgIpc) is 2.68. The number of hydrogen-bond acceptors (Lipinski definition) is 6. The standard InChI is InChI=1S/C18H21N3O4S/c1-24-17-18(20-11-10-19-17)25-16-8-5-12-21(14-16)26(22,23)13-9-15-6-3-2-4-7-15/h2-4,6-7,9-11,13,16H,5,8,12,14H2,1H3/b13-9+. The first-order valence-corrected chi connectivity index (χ1v) is 9.84. The van der Waals surface area contributed by atoms with E-state index >= 15 is 0 Å². The number of aromatic nitrogens is 2. The number of rotatable bonds is 6. The maximum atomic E-state index is 12.6. The summed E-state index contributed by atoms with van der Waals surface area (Å²) < 4.78 is 37.6. The van der Waals surface area contributed by atoms with E-state index in [0.717, 1.165) is 12.0 Å². The quantitative estimate of drug-likeness (QED) is 0.771. The maximum absolute atomic E-state index is 12.6. The van der Waals surface area contributed by atoms with Crippen LogP contribution >= 0.6 is 0 Å². The Morgan fingerprint density at radius 2 is 1.88 bits per heavy atom. The van der Waals surface area contributed by atoms with Crippen LogP contribution in [0.2, 0.25) is 0 Å². The zero-order chi connectivity index (χ0) is 18.4. The van der Waals surface area contributed by atoms with Gasteiger partial charge in [-0.1, -0.05) is 30.3 Å². The van der Waals surface area contributed by atoms with E-state index in [-0.39, 0.29) is 24.4 Å². The van der Waals surface area contributed by atoms with Crippen molar-refractivity contribution in [2.24, 2.45) is 0 Å². The van der Waals surface area contributed by atoms with E-state index in [4.69, 9.17) is 9.47 Å². The molecule has 2 heterocycles. The van der Waals surface area contributed by atoms with Gasteiger partial charge in [0.25, 0.3) is 11.8 Å². The predicted octanol–water partition coefficient (Wildman–Crippen LogP) is 2.33. The van der Waals surface area contributed by atoms with Gasteiger partial charge in [-0.25, -0.2) is 18.4 Å². The summed E-state index contributed by atoms with van der Waals surface area (Å²) in [6, 6.07) is 9.33. The third kappa shape index (κ3) is 4.59. The average molecular weight is 375 g/mol. The largest absolute Gasteiger partial charge is 0.477 e. The molecule has 1 aliphatic heterocycles. The molecule has 0 spiro atoms. The molecule has 8 heteroatoms. The van der Waals surface area contributed by atoms with Gasteiger partial charge in [0.05, 0.1) is 13.7 Å². The van der Waals surface area contributed by atoms with Gasteiger partial charge in [-0.2, -0.15) is 4.31 Å². The number of nitrogens with zero attached hydrogens (tertiary/aromatic N) is 3. The summed E-state index contributed by atoms with van der Waals surface area (Å²) in [5.41, 5.74) is 0.838. The van der Waals surface area contributed by atoms with Crippen LogP contribution in [-0.2, 0) is 10.0 Å². The number of ether oxygens (including phenoxy) is 2. The van der Waals surface area contributed by atoms with Crippen LogP contribution in [0.5, 0.6) is 11.8 Å². The zero-order valence-electron chi connectivity index (χ0n) is 14.5. The van der Waals surface area contributed by atoms with E-state index in [1.807, 2.05) is 30.3 Å². The van der Waals surface area contributed by atoms with Crippen molar-refractivity contribution in [3.8, 4) is 11.8 Å². The molecule has 0 radical (unpaired) electrons. The van der Waals surface area contributed by atoms with Crippen LogP contribution < -0.4 is 9.47 Å². The van der Waals surface area contributed by atoms with Gasteiger partial charge < -0.3 is 9.47 Å². The molecule has 1 fully saturated rings. The van der Waals surface area contributed by atoms with Crippen molar-refractivity contribution in [1.29, 1.82) is 0 Å². The molecule has 138 valence electrons. The van der Waals surface area contributed by atoms with E-state index in [0.29, 0.717) is 13.0 Å². The first kappa shape index (κ1) is 18.3. The van der Waals surface area contributed by atoms with Gasteiger partial charge in [-0.15, -0.1) is 0 Å². The van der Waals surface area contributed by atoms with Crippen LogP contribution in [0.3, 0.4) is 0 Å². The lowest BCUT2D eigenvalue weighted by Crippen LogP contribution is -2.43. The maximum Gasteiger partial charge on any atom is 0.278 e. The van der Waals surface area contributed by atoms with E-state index in [9.17, 15) is 8.42 Å². The van der Waals surface area contributed by atoms with Gasteiger partial charge in [0.2, 0.25) is 10.0 Å². The molecule has 1 aliphatic rings. The molecule has 7 nitrogen and oxygen atoms in total. The monoisotopic (exact) mass is 375 g/mol. The van der Waals surface area contributed by atoms with Crippen LogP contribution in [0.25, 0.3) is 6.08 Å². The fraction of sp³-hybridized carbons (Fsp3) is 0.333. The molecular formula is C18H21N3O4S. The first-order valence-electron chi connectivity index (χ1n) is 8.33. The van der Waals surface area contributed by atoms with Crippen molar-refractivity contribution >= 4 is 16.1 Å². The Labute approximate surface area is 153 Å². The molecule has 0 N–H and O–H groups in total. The molecule has 26 heavy (non-hydrogen) atoms. The summed E-state index contributed by atoms with van der Waals surface area (Å²) in [7, 11) is -2.03. The van der Waals surface area contributed by atoms with Crippen molar-refractivity contribution in [1.82, 2.24) is 14.3 Å². The Balaban J connectivity index is 1.68. The molecule has 1 aromatic heterocycles. The van der Waals surface area contributed by atoms with Crippen molar-refractivity contribution in [2.45, 2.75) is 18.9 Å². The Morgan fingerprint density at radius 3 is 2.62 bits per heavy atom. The normalized spacial score (nSPS) is 18.7. The van der Waals surface area contributed by atoms with E-state index in [1.165, 1.54) is 29.2 Å². The lowest BCUT2D eigenvalue weighted by atomic mass is 10.1. The number of benzene rings is 1. The molecular weight excluding hydrogens is 354 g/mol. The second kappa shape index (κ2) is 8.29. The Hall–Kier alpha value is -2.45. The summed E-state index contributed by atoms with van der Waals surface area (Å²) in [4.78, 5) is 8.16. The minimum absolute atomic E-state index is 0.265. The van der Waals surface area contributed by atoms with E-state index in [2.05, 4.69) is 9.97 Å². The van der Waals surface area contributed by atoms with Crippen LogP contribution in [0, 0.1) is 0 Å². The molecule has 0 bridgehead atoms. The van der Waals surface area contributed by atoms with Gasteiger partial charge in [0, 0.05) is 24.3 Å². The van der Waals surface area contributed by atoms with Crippen molar-refractivity contribution in [3.05, 3.63) is 53.7 Å². The highest BCUT2D eigenvalue weighted by Crippen LogP contribution is 2.25. The van der Waals surface area contributed by atoms with Crippen molar-refractivity contribution in [2.75, 3.05) is 20.2 Å². The third-order valence-corrected chi connectivity index (χ3v) is 5.57. The first-order chi connectivity index (χ1) is 12.6. The smallest absolute Gasteiger partial charge is 0.278 e. The Kier molecular flexibility index (Phi) is 5.85. The summed E-state index contributed by atoms with van der Waals surface area (Å²) in [5, 5.41) is 1.24. The number of piperidine rings is 1. The lowest BCUT2D eigenvalue weighted by molar-refractivity contribution is 0.120. The Bertz CT molecular complexity index is 856. The van der Waals surface area contributed by atoms with Gasteiger partial charge in [-0.3, -0.25) is 0 Å².